The molecule has 1 nitrogen and oxygen atoms in total. The Kier molecular flexibility index (Phi) is 2.68. The number of hydrogen-bond donors (Lipinski definition) is 0. The molecule has 72 valence electrons. The van der Waals surface area contributed by atoms with E-state index in [4.69, 9.17) is 0 Å². The fourth-order valence-electron chi connectivity index (χ4n) is 1.66. The summed E-state index contributed by atoms with van der Waals surface area (Å²) in [6.45, 7) is 3.24. The lowest BCUT2D eigenvalue weighted by Gasteiger charge is -2.05. The van der Waals surface area contributed by atoms with E-state index in [2.05, 4.69) is 60.3 Å². The molecule has 1 aromatic carbocycles. The van der Waals surface area contributed by atoms with Crippen molar-refractivity contribution in [1.82, 2.24) is 4.57 Å². The average molecular weight is 185 g/mol. The van der Waals surface area contributed by atoms with Crippen LogP contribution in [0.4, 0.5) is 0 Å². The van der Waals surface area contributed by atoms with Gasteiger partial charge in [-0.3, -0.25) is 0 Å². The van der Waals surface area contributed by atoms with Gasteiger partial charge in [-0.05, 0) is 36.6 Å². The zero-order chi connectivity index (χ0) is 9.80. The molecule has 1 aromatic heterocycles. The third-order valence-electron chi connectivity index (χ3n) is 2.57. The standard InChI is InChI=1S/C13H15N/c1-12-6-2-3-7-13(12)8-11-14-9-4-5-10-14/h2-7,9-10H,8,11H2,1H3. The maximum absolute atomic E-state index is 2.21. The highest BCUT2D eigenvalue weighted by Crippen LogP contribution is 2.08. The van der Waals surface area contributed by atoms with Gasteiger partial charge in [-0.1, -0.05) is 24.3 Å². The van der Waals surface area contributed by atoms with Gasteiger partial charge in [0.15, 0.2) is 0 Å². The van der Waals surface area contributed by atoms with Gasteiger partial charge in [0.25, 0.3) is 0 Å². The Hall–Kier alpha value is -1.50. The van der Waals surface area contributed by atoms with E-state index < -0.39 is 0 Å². The summed E-state index contributed by atoms with van der Waals surface area (Å²) in [5.74, 6) is 0. The van der Waals surface area contributed by atoms with Crippen LogP contribution >= 0.6 is 0 Å². The van der Waals surface area contributed by atoms with Crippen molar-refractivity contribution in [2.45, 2.75) is 19.9 Å². The molecule has 0 aliphatic carbocycles. The van der Waals surface area contributed by atoms with E-state index in [9.17, 15) is 0 Å². The zero-order valence-corrected chi connectivity index (χ0v) is 8.48. The number of nitrogens with zero attached hydrogens (tertiary/aromatic N) is 1. The molecule has 1 heteroatoms. The topological polar surface area (TPSA) is 4.93 Å². The van der Waals surface area contributed by atoms with Crippen LogP contribution in [0, 0.1) is 6.92 Å². The quantitative estimate of drug-likeness (QED) is 0.692. The Labute approximate surface area is 85.0 Å². The molecule has 0 unspecified atom stereocenters. The maximum atomic E-state index is 2.21. The number of benzene rings is 1. The van der Waals surface area contributed by atoms with Crippen molar-refractivity contribution in [2.24, 2.45) is 0 Å². The fourth-order valence-corrected chi connectivity index (χ4v) is 1.66. The molecule has 0 aliphatic heterocycles. The van der Waals surface area contributed by atoms with Crippen molar-refractivity contribution >= 4 is 0 Å². The van der Waals surface area contributed by atoms with Gasteiger partial charge < -0.3 is 4.57 Å². The third kappa shape index (κ3) is 2.05. The normalized spacial score (nSPS) is 10.4. The lowest BCUT2D eigenvalue weighted by atomic mass is 10.1. The molecular formula is C13H15N. The molecule has 2 aromatic rings. The largest absolute Gasteiger partial charge is 0.354 e. The van der Waals surface area contributed by atoms with Gasteiger partial charge in [0.05, 0.1) is 0 Å². The lowest BCUT2D eigenvalue weighted by Crippen LogP contribution is -1.99. The van der Waals surface area contributed by atoms with Crippen LogP contribution in [0.25, 0.3) is 0 Å². The second kappa shape index (κ2) is 4.14. The van der Waals surface area contributed by atoms with Gasteiger partial charge in [-0.25, -0.2) is 0 Å². The first-order chi connectivity index (χ1) is 6.86. The van der Waals surface area contributed by atoms with Crippen LogP contribution in [0.15, 0.2) is 48.8 Å². The third-order valence-corrected chi connectivity index (χ3v) is 2.57. The monoisotopic (exact) mass is 185 g/mol. The predicted octanol–water partition coefficient (Wildman–Crippen LogP) is 3.04. The number of hydrogen-bond acceptors (Lipinski definition) is 0. The van der Waals surface area contributed by atoms with Crippen molar-refractivity contribution < 1.29 is 0 Å². The van der Waals surface area contributed by atoms with Crippen LogP contribution in [-0.4, -0.2) is 4.57 Å². The van der Waals surface area contributed by atoms with E-state index in [0.717, 1.165) is 13.0 Å². The minimum Gasteiger partial charge on any atom is -0.354 e. The van der Waals surface area contributed by atoms with Crippen molar-refractivity contribution in [1.29, 1.82) is 0 Å². The summed E-state index contributed by atoms with van der Waals surface area (Å²) in [6.07, 6.45) is 5.33. The molecule has 0 spiro atoms. The van der Waals surface area contributed by atoms with E-state index in [0.29, 0.717) is 0 Å². The summed E-state index contributed by atoms with van der Waals surface area (Å²) < 4.78 is 2.21. The first-order valence-electron chi connectivity index (χ1n) is 5.01. The molecule has 1 heterocycles. The SMILES string of the molecule is Cc1ccccc1CCn1cccc1. The second-order valence-corrected chi connectivity index (χ2v) is 3.60. The highest BCUT2D eigenvalue weighted by Gasteiger charge is 1.96. The molecule has 0 N–H and O–H groups in total. The molecule has 0 aliphatic rings. The molecule has 14 heavy (non-hydrogen) atoms. The molecule has 2 rings (SSSR count). The van der Waals surface area contributed by atoms with Crippen LogP contribution in [0.2, 0.25) is 0 Å². The van der Waals surface area contributed by atoms with E-state index >= 15 is 0 Å². The molecule has 0 amide bonds. The number of rotatable bonds is 3. The Balaban J connectivity index is 2.02. The Morgan fingerprint density at radius 1 is 1.00 bits per heavy atom. The Morgan fingerprint density at radius 3 is 2.43 bits per heavy atom. The molecule has 0 atom stereocenters. The van der Waals surface area contributed by atoms with E-state index in [1.165, 1.54) is 11.1 Å². The summed E-state index contributed by atoms with van der Waals surface area (Å²) in [5.41, 5.74) is 2.83. The molecule has 0 bridgehead atoms. The number of aromatic nitrogens is 1. The van der Waals surface area contributed by atoms with Crippen LogP contribution in [0.3, 0.4) is 0 Å². The first-order valence-corrected chi connectivity index (χ1v) is 5.01. The highest BCUT2D eigenvalue weighted by molar-refractivity contribution is 5.25. The molecule has 0 saturated heterocycles. The Morgan fingerprint density at radius 2 is 1.71 bits per heavy atom. The molecule has 0 radical (unpaired) electrons. The molecule has 0 fully saturated rings. The molecule has 0 saturated carbocycles. The minimum absolute atomic E-state index is 1.07. The average Bonchev–Trinajstić information content (AvgIpc) is 2.69. The number of aryl methyl sites for hydroxylation is 3. The van der Waals surface area contributed by atoms with E-state index in [-0.39, 0.29) is 0 Å². The Bertz CT molecular complexity index is 387. The van der Waals surface area contributed by atoms with Crippen molar-refractivity contribution in [3.63, 3.8) is 0 Å². The summed E-state index contributed by atoms with van der Waals surface area (Å²) in [6, 6.07) is 12.7. The van der Waals surface area contributed by atoms with Gasteiger partial charge >= 0.3 is 0 Å². The maximum Gasteiger partial charge on any atom is 0.0260 e. The summed E-state index contributed by atoms with van der Waals surface area (Å²) in [4.78, 5) is 0. The van der Waals surface area contributed by atoms with Crippen molar-refractivity contribution in [2.75, 3.05) is 0 Å². The van der Waals surface area contributed by atoms with Gasteiger partial charge in [0, 0.05) is 18.9 Å². The summed E-state index contributed by atoms with van der Waals surface area (Å²) in [7, 11) is 0. The predicted molar refractivity (Wildman–Crippen MR) is 59.3 cm³/mol. The van der Waals surface area contributed by atoms with Crippen LogP contribution in [-0.2, 0) is 13.0 Å². The van der Waals surface area contributed by atoms with Crippen LogP contribution in [0.5, 0.6) is 0 Å². The fraction of sp³-hybridized carbons (Fsp3) is 0.231. The van der Waals surface area contributed by atoms with Gasteiger partial charge in [-0.2, -0.15) is 0 Å². The first kappa shape index (κ1) is 9.07. The summed E-state index contributed by atoms with van der Waals surface area (Å²) in [5, 5.41) is 0. The van der Waals surface area contributed by atoms with Gasteiger partial charge in [0.2, 0.25) is 0 Å². The highest BCUT2D eigenvalue weighted by atomic mass is 14.9. The van der Waals surface area contributed by atoms with Gasteiger partial charge in [0.1, 0.15) is 0 Å². The molecular weight excluding hydrogens is 170 g/mol. The van der Waals surface area contributed by atoms with Crippen molar-refractivity contribution in [3.05, 3.63) is 59.9 Å². The van der Waals surface area contributed by atoms with Crippen molar-refractivity contribution in [3.8, 4) is 0 Å². The lowest BCUT2D eigenvalue weighted by molar-refractivity contribution is 0.699. The summed E-state index contributed by atoms with van der Waals surface area (Å²) >= 11 is 0. The van der Waals surface area contributed by atoms with E-state index in [1.807, 2.05) is 0 Å². The van der Waals surface area contributed by atoms with Crippen LogP contribution < -0.4 is 0 Å². The second-order valence-electron chi connectivity index (χ2n) is 3.60. The van der Waals surface area contributed by atoms with E-state index in [1.54, 1.807) is 0 Å². The zero-order valence-electron chi connectivity index (χ0n) is 8.48. The van der Waals surface area contributed by atoms with Crippen LogP contribution in [0.1, 0.15) is 11.1 Å². The minimum atomic E-state index is 1.07. The van der Waals surface area contributed by atoms with Gasteiger partial charge in [-0.15, -0.1) is 0 Å². The smallest absolute Gasteiger partial charge is 0.0260 e.